The number of allylic oxidation sites excluding steroid dienone is 1. The zero-order valence-corrected chi connectivity index (χ0v) is 25.1. The first-order valence-corrected chi connectivity index (χ1v) is 17.1. The topological polar surface area (TPSA) is 20.3 Å². The molecule has 0 aliphatic heterocycles. The van der Waals surface area contributed by atoms with E-state index < -0.39 is 0 Å². The van der Waals surface area contributed by atoms with Crippen molar-refractivity contribution in [3.8, 4) is 0 Å². The smallest absolute Gasteiger partial charge is 0.246 e. The summed E-state index contributed by atoms with van der Waals surface area (Å²) in [5.41, 5.74) is 0.202. The Kier molecular flexibility index (Phi) is 14.7. The summed E-state index contributed by atoms with van der Waals surface area (Å²) >= 11 is 0. The van der Waals surface area contributed by atoms with Crippen molar-refractivity contribution in [2.24, 2.45) is 17.8 Å². The van der Waals surface area contributed by atoms with E-state index in [4.69, 9.17) is 0 Å². The molecule has 4 aliphatic rings. The Morgan fingerprint density at radius 3 is 1.49 bits per heavy atom. The molecule has 0 unspecified atom stereocenters. The molecule has 0 radical (unpaired) electrons. The van der Waals surface area contributed by atoms with Gasteiger partial charge < -0.3 is 4.90 Å². The molecular formula is C35H63NO. The summed E-state index contributed by atoms with van der Waals surface area (Å²) in [7, 11) is 0. The SMILES string of the molecule is CCCCCCCCC=CC(=O)N(CCCCCCCCCCCCCC)C12CC3CC(CC(C3)C1)C2. The van der Waals surface area contributed by atoms with Crippen LogP contribution in [0.15, 0.2) is 12.2 Å². The lowest BCUT2D eigenvalue weighted by Crippen LogP contribution is -2.61. The molecule has 0 saturated heterocycles. The highest BCUT2D eigenvalue weighted by atomic mass is 16.2. The highest BCUT2D eigenvalue weighted by Gasteiger charge is 2.54. The number of carbonyl (C=O) groups is 1. The van der Waals surface area contributed by atoms with E-state index in [0.717, 1.165) is 30.7 Å². The first-order chi connectivity index (χ1) is 18.2. The number of nitrogens with zero attached hydrogens (tertiary/aromatic N) is 1. The zero-order chi connectivity index (χ0) is 26.2. The van der Waals surface area contributed by atoms with E-state index in [0.29, 0.717) is 5.91 Å². The molecule has 0 heterocycles. The molecule has 37 heavy (non-hydrogen) atoms. The van der Waals surface area contributed by atoms with Gasteiger partial charge in [0.1, 0.15) is 0 Å². The molecule has 0 aromatic heterocycles. The van der Waals surface area contributed by atoms with E-state index >= 15 is 0 Å². The number of rotatable bonds is 22. The zero-order valence-electron chi connectivity index (χ0n) is 25.1. The van der Waals surface area contributed by atoms with Crippen molar-refractivity contribution in [2.75, 3.05) is 6.54 Å². The van der Waals surface area contributed by atoms with Crippen LogP contribution in [0, 0.1) is 17.8 Å². The summed E-state index contributed by atoms with van der Waals surface area (Å²) in [6.07, 6.45) is 38.1. The molecule has 4 aliphatic carbocycles. The molecule has 214 valence electrons. The van der Waals surface area contributed by atoms with Crippen molar-refractivity contribution in [3.05, 3.63) is 12.2 Å². The van der Waals surface area contributed by atoms with Gasteiger partial charge in [-0.3, -0.25) is 4.79 Å². The highest BCUT2D eigenvalue weighted by Crippen LogP contribution is 2.57. The van der Waals surface area contributed by atoms with Crippen LogP contribution in [0.1, 0.15) is 174 Å². The fourth-order valence-electron chi connectivity index (χ4n) is 8.40. The van der Waals surface area contributed by atoms with Gasteiger partial charge >= 0.3 is 0 Å². The van der Waals surface area contributed by atoms with E-state index in [1.807, 2.05) is 6.08 Å². The largest absolute Gasteiger partial charge is 0.333 e. The summed E-state index contributed by atoms with van der Waals surface area (Å²) in [6, 6.07) is 0. The van der Waals surface area contributed by atoms with Gasteiger partial charge in [0, 0.05) is 12.1 Å². The van der Waals surface area contributed by atoms with Gasteiger partial charge in [-0.1, -0.05) is 123 Å². The third-order valence-corrected chi connectivity index (χ3v) is 10.1. The van der Waals surface area contributed by atoms with Gasteiger partial charge in [-0.25, -0.2) is 0 Å². The highest BCUT2D eigenvalue weighted by molar-refractivity contribution is 5.88. The van der Waals surface area contributed by atoms with Crippen LogP contribution in [0.5, 0.6) is 0 Å². The van der Waals surface area contributed by atoms with E-state index in [9.17, 15) is 4.79 Å². The maximum absolute atomic E-state index is 13.6. The summed E-state index contributed by atoms with van der Waals surface area (Å²) < 4.78 is 0. The van der Waals surface area contributed by atoms with Crippen LogP contribution in [-0.2, 0) is 4.79 Å². The molecule has 4 rings (SSSR count). The van der Waals surface area contributed by atoms with E-state index in [1.165, 1.54) is 154 Å². The first-order valence-electron chi connectivity index (χ1n) is 17.1. The Balaban J connectivity index is 1.39. The van der Waals surface area contributed by atoms with Gasteiger partial charge in [-0.05, 0) is 81.6 Å². The molecule has 0 aromatic rings. The lowest BCUT2D eigenvalue weighted by Gasteiger charge is -2.60. The lowest BCUT2D eigenvalue weighted by atomic mass is 9.52. The van der Waals surface area contributed by atoms with Crippen LogP contribution in [-0.4, -0.2) is 22.9 Å². The van der Waals surface area contributed by atoms with Gasteiger partial charge in [0.15, 0.2) is 0 Å². The molecule has 1 amide bonds. The van der Waals surface area contributed by atoms with Crippen LogP contribution < -0.4 is 0 Å². The molecule has 0 spiro atoms. The second kappa shape index (κ2) is 17.7. The molecule has 2 nitrogen and oxygen atoms in total. The maximum Gasteiger partial charge on any atom is 0.246 e. The molecule has 4 saturated carbocycles. The normalized spacial score (nSPS) is 26.4. The molecule has 0 N–H and O–H groups in total. The summed E-state index contributed by atoms with van der Waals surface area (Å²) in [5, 5.41) is 0. The average molecular weight is 514 g/mol. The van der Waals surface area contributed by atoms with Crippen LogP contribution in [0.2, 0.25) is 0 Å². The minimum absolute atomic E-state index is 0.202. The lowest BCUT2D eigenvalue weighted by molar-refractivity contribution is -0.145. The van der Waals surface area contributed by atoms with Gasteiger partial charge in [-0.2, -0.15) is 0 Å². The number of amides is 1. The van der Waals surface area contributed by atoms with Crippen LogP contribution >= 0.6 is 0 Å². The van der Waals surface area contributed by atoms with Crippen molar-refractivity contribution in [1.29, 1.82) is 0 Å². The molecule has 4 fully saturated rings. The van der Waals surface area contributed by atoms with E-state index in [-0.39, 0.29) is 5.54 Å². The molecule has 4 bridgehead atoms. The minimum atomic E-state index is 0.202. The predicted molar refractivity (Wildman–Crippen MR) is 161 cm³/mol. The standard InChI is InChI=1S/C35H63NO/c1-3-5-7-9-11-13-14-15-16-18-20-22-24-36(34(37)23-21-19-17-12-10-8-6-4-2)35-28-31-25-32(29-35)27-33(26-31)30-35/h21,23,31-33H,3-20,22,24-30H2,1-2H3. The van der Waals surface area contributed by atoms with E-state index in [2.05, 4.69) is 24.8 Å². The molecule has 0 aromatic carbocycles. The number of hydrogen-bond donors (Lipinski definition) is 0. The van der Waals surface area contributed by atoms with Crippen LogP contribution in [0.3, 0.4) is 0 Å². The third-order valence-electron chi connectivity index (χ3n) is 10.1. The number of carbonyl (C=O) groups excluding carboxylic acids is 1. The Morgan fingerprint density at radius 1 is 0.622 bits per heavy atom. The Hall–Kier alpha value is -0.790. The third kappa shape index (κ3) is 10.7. The van der Waals surface area contributed by atoms with Crippen molar-refractivity contribution >= 4 is 5.91 Å². The van der Waals surface area contributed by atoms with Gasteiger partial charge in [0.25, 0.3) is 0 Å². The predicted octanol–water partition coefficient (Wildman–Crippen LogP) is 10.8. The van der Waals surface area contributed by atoms with Gasteiger partial charge in [-0.15, -0.1) is 0 Å². The van der Waals surface area contributed by atoms with Gasteiger partial charge in [0.05, 0.1) is 0 Å². The molecular weight excluding hydrogens is 450 g/mol. The van der Waals surface area contributed by atoms with Crippen LogP contribution in [0.25, 0.3) is 0 Å². The second-order valence-electron chi connectivity index (χ2n) is 13.5. The summed E-state index contributed by atoms with van der Waals surface area (Å²) in [6.45, 7) is 5.58. The minimum Gasteiger partial charge on any atom is -0.333 e. The maximum atomic E-state index is 13.6. The summed E-state index contributed by atoms with van der Waals surface area (Å²) in [4.78, 5) is 16.0. The fraction of sp³-hybridized carbons (Fsp3) is 0.914. The number of hydrogen-bond acceptors (Lipinski definition) is 1. The monoisotopic (exact) mass is 513 g/mol. The van der Waals surface area contributed by atoms with Crippen molar-refractivity contribution < 1.29 is 4.79 Å². The fourth-order valence-corrected chi connectivity index (χ4v) is 8.40. The van der Waals surface area contributed by atoms with Crippen molar-refractivity contribution in [3.63, 3.8) is 0 Å². The van der Waals surface area contributed by atoms with E-state index in [1.54, 1.807) is 0 Å². The molecule has 2 heteroatoms. The molecule has 0 atom stereocenters. The Labute approximate surface area is 231 Å². The van der Waals surface area contributed by atoms with Crippen molar-refractivity contribution in [2.45, 2.75) is 180 Å². The van der Waals surface area contributed by atoms with Crippen LogP contribution in [0.4, 0.5) is 0 Å². The number of unbranched alkanes of at least 4 members (excludes halogenated alkanes) is 17. The summed E-state index contributed by atoms with van der Waals surface area (Å²) in [5.74, 6) is 3.04. The van der Waals surface area contributed by atoms with Crippen molar-refractivity contribution in [1.82, 2.24) is 4.90 Å². The quantitative estimate of drug-likeness (QED) is 0.104. The Bertz CT molecular complexity index is 602. The Morgan fingerprint density at radius 2 is 1.03 bits per heavy atom. The second-order valence-corrected chi connectivity index (χ2v) is 13.5. The average Bonchev–Trinajstić information content (AvgIpc) is 2.87. The first kappa shape index (κ1) is 30.7. The van der Waals surface area contributed by atoms with Gasteiger partial charge in [0.2, 0.25) is 5.91 Å².